The highest BCUT2D eigenvalue weighted by molar-refractivity contribution is 7.16. The van der Waals surface area contributed by atoms with E-state index in [0.29, 0.717) is 0 Å². The largest absolute Gasteiger partial charge is 0.362 e. The number of aromatic nitrogens is 3. The van der Waals surface area contributed by atoms with Crippen LogP contribution in [0.4, 0.5) is 0 Å². The van der Waals surface area contributed by atoms with Crippen molar-refractivity contribution >= 4 is 23.6 Å². The van der Waals surface area contributed by atoms with E-state index in [0.717, 1.165) is 26.5 Å². The summed E-state index contributed by atoms with van der Waals surface area (Å²) in [6.45, 7) is 3.91. The van der Waals surface area contributed by atoms with Gasteiger partial charge < -0.3 is 20.3 Å². The average Bonchev–Trinajstić information content (AvgIpc) is 2.73. The predicted octanol–water partition coefficient (Wildman–Crippen LogP) is -0.682. The maximum Gasteiger partial charge on any atom is 0.247 e. The van der Waals surface area contributed by atoms with Crippen LogP contribution >= 0.6 is 0 Å². The topological polar surface area (TPSA) is 111 Å². The molecule has 1 aliphatic heterocycles. The van der Waals surface area contributed by atoms with E-state index in [2.05, 4.69) is 26.8 Å². The second-order valence-corrected chi connectivity index (χ2v) is 10.5. The van der Waals surface area contributed by atoms with Gasteiger partial charge in [0.1, 0.15) is 0 Å². The van der Waals surface area contributed by atoms with Gasteiger partial charge in [0, 0.05) is 48.7 Å². The van der Waals surface area contributed by atoms with Gasteiger partial charge in [-0.3, -0.25) is 14.4 Å². The molecule has 0 aromatic carbocycles. The van der Waals surface area contributed by atoms with Gasteiger partial charge >= 0.3 is 0 Å². The van der Waals surface area contributed by atoms with Gasteiger partial charge in [0.15, 0.2) is 8.07 Å². The molecule has 144 valence electrons. The van der Waals surface area contributed by atoms with Crippen LogP contribution in [0.5, 0.6) is 0 Å². The molecule has 0 bridgehead atoms. The second-order valence-electron chi connectivity index (χ2n) is 6.68. The van der Waals surface area contributed by atoms with Gasteiger partial charge in [0.05, 0.1) is 0 Å². The predicted molar refractivity (Wildman–Crippen MR) is 115 cm³/mol. The van der Waals surface area contributed by atoms with E-state index in [-0.39, 0.29) is 16.7 Å². The fourth-order valence-electron chi connectivity index (χ4n) is 3.62. The van der Waals surface area contributed by atoms with Gasteiger partial charge in [0.2, 0.25) is 16.7 Å². The van der Waals surface area contributed by atoms with Gasteiger partial charge in [-0.15, -0.1) is 0 Å². The Morgan fingerprint density at radius 2 is 1.10 bits per heavy atom. The third-order valence-electron chi connectivity index (χ3n) is 4.96. The molecular weight excluding hydrogens is 384 g/mol. The number of H-pyrrole nitrogens is 3. The average molecular weight is 402 g/mol. The Morgan fingerprint density at radius 3 is 1.41 bits per heavy atom. The van der Waals surface area contributed by atoms with Crippen LogP contribution in [0, 0.1) is 0 Å². The number of dihydropyridines is 1. The van der Waals surface area contributed by atoms with Crippen LogP contribution in [0.1, 0.15) is 0 Å². The Hall–Kier alpha value is -3.91. The van der Waals surface area contributed by atoms with Crippen molar-refractivity contribution in [1.82, 2.24) is 20.3 Å². The third kappa shape index (κ3) is 3.25. The molecule has 0 radical (unpaired) electrons. The lowest BCUT2D eigenvalue weighted by molar-refractivity contribution is 1.10. The lowest BCUT2D eigenvalue weighted by Gasteiger charge is -2.35. The standard InChI is InChI=1S/C21H18N4O3Si/c1-14-2-3-15(10-22-14)29(16-4-7-19(26)23-11-16,17-5-8-20(27)24-12-17)18-6-9-21(28)25-13-18/h2-13,22H,1H2,(H,23,26)(H,24,27)(H,25,28). The molecule has 0 spiro atoms. The highest BCUT2D eigenvalue weighted by atomic mass is 28.3. The molecule has 4 heterocycles. The number of aromatic amines is 3. The quantitative estimate of drug-likeness (QED) is 0.433. The number of hydrogen-bond donors (Lipinski definition) is 4. The lowest BCUT2D eigenvalue weighted by atomic mass is 10.3. The molecule has 0 fully saturated rings. The molecule has 0 unspecified atom stereocenters. The highest BCUT2D eigenvalue weighted by Gasteiger charge is 2.43. The second kappa shape index (κ2) is 7.25. The smallest absolute Gasteiger partial charge is 0.247 e. The maximum absolute atomic E-state index is 11.7. The van der Waals surface area contributed by atoms with Crippen molar-refractivity contribution < 1.29 is 0 Å². The highest BCUT2D eigenvalue weighted by Crippen LogP contribution is 2.19. The van der Waals surface area contributed by atoms with Gasteiger partial charge in [-0.25, -0.2) is 0 Å². The summed E-state index contributed by atoms with van der Waals surface area (Å²) in [5.41, 5.74) is 0.124. The Bertz CT molecular complexity index is 1140. The Kier molecular flexibility index (Phi) is 4.61. The van der Waals surface area contributed by atoms with Gasteiger partial charge in [-0.2, -0.15) is 0 Å². The normalized spacial score (nSPS) is 13.7. The molecule has 4 N–H and O–H groups in total. The minimum absolute atomic E-state index is 0.209. The first-order chi connectivity index (χ1) is 14.0. The Balaban J connectivity index is 2.12. The maximum atomic E-state index is 11.7. The minimum atomic E-state index is -2.96. The molecule has 8 heteroatoms. The van der Waals surface area contributed by atoms with Crippen molar-refractivity contribution in [2.45, 2.75) is 0 Å². The Morgan fingerprint density at radius 1 is 0.655 bits per heavy atom. The van der Waals surface area contributed by atoms with E-state index < -0.39 is 8.07 Å². The zero-order valence-electron chi connectivity index (χ0n) is 15.4. The minimum Gasteiger partial charge on any atom is -0.362 e. The van der Waals surface area contributed by atoms with Crippen molar-refractivity contribution in [3.05, 3.63) is 122 Å². The molecule has 1 aliphatic rings. The van der Waals surface area contributed by atoms with E-state index in [4.69, 9.17) is 0 Å². The lowest BCUT2D eigenvalue weighted by Crippen LogP contribution is -2.69. The number of hydrogen-bond acceptors (Lipinski definition) is 4. The molecule has 0 atom stereocenters. The summed E-state index contributed by atoms with van der Waals surface area (Å²) in [6.07, 6.45) is 10.8. The summed E-state index contributed by atoms with van der Waals surface area (Å²) in [7, 11) is -2.96. The number of rotatable bonds is 4. The zero-order chi connectivity index (χ0) is 20.4. The molecule has 0 aliphatic carbocycles. The first-order valence-electron chi connectivity index (χ1n) is 8.92. The van der Waals surface area contributed by atoms with Crippen molar-refractivity contribution in [3.8, 4) is 0 Å². The molecule has 4 rings (SSSR count). The number of allylic oxidation sites excluding steroid dienone is 3. The first kappa shape index (κ1) is 18.5. The van der Waals surface area contributed by atoms with E-state index in [1.807, 2.05) is 18.4 Å². The molecule has 3 aromatic rings. The summed E-state index contributed by atoms with van der Waals surface area (Å²) in [5, 5.41) is 6.80. The van der Waals surface area contributed by atoms with Crippen molar-refractivity contribution in [3.63, 3.8) is 0 Å². The molecule has 29 heavy (non-hydrogen) atoms. The molecule has 0 amide bonds. The zero-order valence-corrected chi connectivity index (χ0v) is 16.4. The van der Waals surface area contributed by atoms with Crippen LogP contribution in [0.3, 0.4) is 0 Å². The summed E-state index contributed by atoms with van der Waals surface area (Å²) in [4.78, 5) is 43.5. The van der Waals surface area contributed by atoms with Gasteiger partial charge in [-0.05, 0) is 26.8 Å². The Labute approximate surface area is 166 Å². The monoisotopic (exact) mass is 402 g/mol. The van der Waals surface area contributed by atoms with Crippen molar-refractivity contribution in [2.75, 3.05) is 0 Å². The van der Waals surface area contributed by atoms with E-state index in [1.54, 1.807) is 36.8 Å². The van der Waals surface area contributed by atoms with Crippen molar-refractivity contribution in [2.24, 2.45) is 0 Å². The van der Waals surface area contributed by atoms with E-state index in [9.17, 15) is 14.4 Å². The third-order valence-corrected chi connectivity index (χ3v) is 9.67. The van der Waals surface area contributed by atoms with Crippen molar-refractivity contribution in [1.29, 1.82) is 0 Å². The van der Waals surface area contributed by atoms with Crippen LogP contribution in [0.25, 0.3) is 0 Å². The van der Waals surface area contributed by atoms with E-state index in [1.165, 1.54) is 18.2 Å². The van der Waals surface area contributed by atoms with Crippen LogP contribution in [-0.2, 0) is 0 Å². The molecular formula is C21H18N4O3Si. The fourth-order valence-corrected chi connectivity index (χ4v) is 8.11. The van der Waals surface area contributed by atoms with Crippen LogP contribution in [0.15, 0.2) is 105 Å². The van der Waals surface area contributed by atoms with Gasteiger partial charge in [0.25, 0.3) is 0 Å². The van der Waals surface area contributed by atoms with E-state index >= 15 is 0 Å². The summed E-state index contributed by atoms with van der Waals surface area (Å²) in [5.74, 6) is 0. The van der Waals surface area contributed by atoms with Crippen LogP contribution in [0.2, 0.25) is 0 Å². The molecule has 7 nitrogen and oxygen atoms in total. The van der Waals surface area contributed by atoms with Crippen LogP contribution < -0.4 is 37.6 Å². The summed E-state index contributed by atoms with van der Waals surface area (Å²) < 4.78 is 0. The summed E-state index contributed by atoms with van der Waals surface area (Å²) >= 11 is 0. The number of pyridine rings is 3. The SMILES string of the molecule is C=C1C=CC([Si](c2ccc(=O)[nH]c2)(c2ccc(=O)[nH]c2)c2ccc(=O)[nH]c2)=CN1. The van der Waals surface area contributed by atoms with Gasteiger partial charge in [-0.1, -0.05) is 30.9 Å². The number of nitrogens with one attached hydrogen (secondary N) is 4. The molecule has 0 saturated carbocycles. The first-order valence-corrected chi connectivity index (χ1v) is 10.9. The molecule has 3 aromatic heterocycles. The molecule has 0 saturated heterocycles. The van der Waals surface area contributed by atoms with Crippen LogP contribution in [-0.4, -0.2) is 23.0 Å². The fraction of sp³-hybridized carbons (Fsp3) is 0. The summed E-state index contributed by atoms with van der Waals surface area (Å²) in [6, 6.07) is 9.81.